The summed E-state index contributed by atoms with van der Waals surface area (Å²) < 4.78 is 28.5. The van der Waals surface area contributed by atoms with Crippen LogP contribution in [0.5, 0.6) is 0 Å². The summed E-state index contributed by atoms with van der Waals surface area (Å²) in [4.78, 5) is 6.06. The fourth-order valence-electron chi connectivity index (χ4n) is 0.734. The average molecular weight is 232 g/mol. The summed E-state index contributed by atoms with van der Waals surface area (Å²) in [7, 11) is -3.69. The predicted molar refractivity (Wildman–Crippen MR) is 47.1 cm³/mol. The highest BCUT2D eigenvalue weighted by atomic mass is 32.2. The highest BCUT2D eigenvalue weighted by Crippen LogP contribution is 2.11. The third-order valence-electron chi connectivity index (χ3n) is 1.25. The van der Waals surface area contributed by atoms with Crippen LogP contribution in [0.1, 0.15) is 0 Å². The van der Waals surface area contributed by atoms with E-state index in [1.165, 1.54) is 12.4 Å². The molecule has 0 saturated heterocycles. The number of aromatic nitrogens is 5. The topological polar surface area (TPSA) is 114 Å². The molecule has 0 aromatic carbocycles. The Balaban J connectivity index is 2.27. The first-order valence-electron chi connectivity index (χ1n) is 3.36. The van der Waals surface area contributed by atoms with Crippen LogP contribution in [0.25, 0.3) is 0 Å². The molecule has 0 atom stereocenters. The molecular formula is C4H4N6O2S2. The molecule has 10 heteroatoms. The van der Waals surface area contributed by atoms with Crippen LogP contribution in [0.15, 0.2) is 17.6 Å². The van der Waals surface area contributed by atoms with Crippen LogP contribution >= 0.6 is 11.5 Å². The van der Waals surface area contributed by atoms with E-state index in [0.717, 1.165) is 11.5 Å². The Labute approximate surface area is 82.6 Å². The van der Waals surface area contributed by atoms with E-state index in [1.807, 2.05) is 0 Å². The lowest BCUT2D eigenvalue weighted by molar-refractivity contribution is 0.594. The monoisotopic (exact) mass is 232 g/mol. The van der Waals surface area contributed by atoms with Crippen LogP contribution in [0.4, 0.5) is 5.13 Å². The molecule has 2 N–H and O–H groups in total. The Morgan fingerprint density at radius 2 is 2.36 bits per heavy atom. The van der Waals surface area contributed by atoms with E-state index in [2.05, 4.69) is 29.5 Å². The highest BCUT2D eigenvalue weighted by molar-refractivity contribution is 7.92. The second-order valence-electron chi connectivity index (χ2n) is 2.17. The van der Waals surface area contributed by atoms with Gasteiger partial charge in [0.1, 0.15) is 0 Å². The minimum atomic E-state index is -3.69. The van der Waals surface area contributed by atoms with Crippen molar-refractivity contribution in [2.24, 2.45) is 0 Å². The Morgan fingerprint density at radius 3 is 2.93 bits per heavy atom. The second-order valence-corrected chi connectivity index (χ2v) is 4.50. The third kappa shape index (κ3) is 1.70. The van der Waals surface area contributed by atoms with E-state index < -0.39 is 10.0 Å². The molecule has 0 fully saturated rings. The van der Waals surface area contributed by atoms with Gasteiger partial charge in [0, 0.05) is 23.9 Å². The van der Waals surface area contributed by atoms with Gasteiger partial charge >= 0.3 is 0 Å². The molecule has 74 valence electrons. The zero-order chi connectivity index (χ0) is 10.0. The molecule has 0 aliphatic rings. The molecule has 8 nitrogen and oxygen atoms in total. The van der Waals surface area contributed by atoms with Crippen molar-refractivity contribution in [2.75, 3.05) is 4.72 Å². The van der Waals surface area contributed by atoms with Crippen molar-refractivity contribution in [2.45, 2.75) is 5.16 Å². The highest BCUT2D eigenvalue weighted by Gasteiger charge is 2.18. The van der Waals surface area contributed by atoms with E-state index in [9.17, 15) is 8.42 Å². The number of hydrogen-bond donors (Lipinski definition) is 2. The summed E-state index contributed by atoms with van der Waals surface area (Å²) in [6, 6.07) is 0. The molecule has 0 bridgehead atoms. The summed E-state index contributed by atoms with van der Waals surface area (Å²) in [6.07, 6.45) is 2.75. The molecule has 0 aliphatic carbocycles. The molecule has 2 aromatic heterocycles. The zero-order valence-corrected chi connectivity index (χ0v) is 8.21. The molecule has 14 heavy (non-hydrogen) atoms. The van der Waals surface area contributed by atoms with Gasteiger partial charge in [0.2, 0.25) is 10.3 Å². The lowest BCUT2D eigenvalue weighted by Gasteiger charge is -1.98. The number of imidazole rings is 1. The van der Waals surface area contributed by atoms with Crippen LogP contribution in [0, 0.1) is 0 Å². The zero-order valence-electron chi connectivity index (χ0n) is 6.58. The van der Waals surface area contributed by atoms with Crippen molar-refractivity contribution >= 4 is 26.7 Å². The Hall–Kier alpha value is -1.55. The summed E-state index contributed by atoms with van der Waals surface area (Å²) in [6.45, 7) is 0. The summed E-state index contributed by atoms with van der Waals surface area (Å²) >= 11 is 0.843. The van der Waals surface area contributed by atoms with Crippen LogP contribution in [-0.4, -0.2) is 33.2 Å². The Morgan fingerprint density at radius 1 is 1.50 bits per heavy atom. The number of H-pyrrole nitrogens is 1. The van der Waals surface area contributed by atoms with Gasteiger partial charge in [-0.2, -0.15) is 8.42 Å². The van der Waals surface area contributed by atoms with Crippen molar-refractivity contribution < 1.29 is 8.42 Å². The van der Waals surface area contributed by atoms with E-state index in [4.69, 9.17) is 0 Å². The first kappa shape index (κ1) is 9.02. The predicted octanol–water partition coefficient (Wildman–Crippen LogP) is -0.543. The first-order valence-corrected chi connectivity index (χ1v) is 5.61. The van der Waals surface area contributed by atoms with Gasteiger partial charge in [0.15, 0.2) is 0 Å². The second kappa shape index (κ2) is 3.31. The van der Waals surface area contributed by atoms with Gasteiger partial charge in [-0.1, -0.05) is 9.59 Å². The summed E-state index contributed by atoms with van der Waals surface area (Å²) in [5.74, 6) is 0. The van der Waals surface area contributed by atoms with Gasteiger partial charge in [-0.15, -0.1) is 0 Å². The number of nitrogens with one attached hydrogen (secondary N) is 2. The SMILES string of the molecule is O=S(=O)(Nc1nnns1)c1ncc[nH]1. The summed E-state index contributed by atoms with van der Waals surface area (Å²) in [5, 5.41) is 6.61. The maximum atomic E-state index is 11.5. The van der Waals surface area contributed by atoms with Crippen molar-refractivity contribution in [3.05, 3.63) is 12.4 Å². The molecule has 2 aromatic rings. The largest absolute Gasteiger partial charge is 0.334 e. The molecule has 0 saturated carbocycles. The van der Waals surface area contributed by atoms with Gasteiger partial charge < -0.3 is 4.98 Å². The molecule has 0 amide bonds. The molecule has 2 rings (SSSR count). The van der Waals surface area contributed by atoms with Crippen molar-refractivity contribution in [1.82, 2.24) is 24.8 Å². The molecule has 0 unspecified atom stereocenters. The van der Waals surface area contributed by atoms with Gasteiger partial charge in [-0.05, 0) is 5.21 Å². The standard InChI is InChI=1S/C4H4N6O2S2/c11-14(12,4-5-1-2-6-4)8-3-7-9-10-13-3/h1-2H,(H,5,6)(H,7,8,10). The van der Waals surface area contributed by atoms with E-state index >= 15 is 0 Å². The number of sulfonamides is 1. The van der Waals surface area contributed by atoms with Crippen molar-refractivity contribution in [3.8, 4) is 0 Å². The smallest absolute Gasteiger partial charge is 0.297 e. The van der Waals surface area contributed by atoms with E-state index in [0.29, 0.717) is 0 Å². The summed E-state index contributed by atoms with van der Waals surface area (Å²) in [5.41, 5.74) is 0. The average Bonchev–Trinajstić information content (AvgIpc) is 2.71. The number of nitrogens with zero attached hydrogens (tertiary/aromatic N) is 4. The minimum absolute atomic E-state index is 0.0985. The number of anilines is 1. The minimum Gasteiger partial charge on any atom is -0.334 e. The van der Waals surface area contributed by atoms with Gasteiger partial charge in [-0.25, -0.2) is 9.71 Å². The maximum absolute atomic E-state index is 11.5. The molecule has 0 aliphatic heterocycles. The molecule has 0 radical (unpaired) electrons. The van der Waals surface area contributed by atoms with Crippen LogP contribution < -0.4 is 4.72 Å². The number of rotatable bonds is 3. The van der Waals surface area contributed by atoms with Crippen LogP contribution in [0.2, 0.25) is 0 Å². The molecular weight excluding hydrogens is 228 g/mol. The van der Waals surface area contributed by atoms with E-state index in [1.54, 1.807) is 0 Å². The van der Waals surface area contributed by atoms with Crippen LogP contribution in [0.3, 0.4) is 0 Å². The fourth-order valence-corrected chi connectivity index (χ4v) is 2.23. The van der Waals surface area contributed by atoms with Gasteiger partial charge in [-0.3, -0.25) is 0 Å². The van der Waals surface area contributed by atoms with Crippen molar-refractivity contribution in [3.63, 3.8) is 0 Å². The lowest BCUT2D eigenvalue weighted by atomic mass is 11.0. The Bertz CT molecular complexity index is 488. The van der Waals surface area contributed by atoms with Crippen molar-refractivity contribution in [1.29, 1.82) is 0 Å². The Kier molecular flexibility index (Phi) is 2.13. The van der Waals surface area contributed by atoms with Gasteiger partial charge in [0.25, 0.3) is 10.0 Å². The molecule has 0 spiro atoms. The number of aromatic amines is 1. The molecule has 2 heterocycles. The first-order chi connectivity index (χ1) is 6.68. The fraction of sp³-hybridized carbons (Fsp3) is 0. The third-order valence-corrected chi connectivity index (χ3v) is 3.08. The normalized spacial score (nSPS) is 11.4. The maximum Gasteiger partial charge on any atom is 0.297 e. The number of hydrogen-bond acceptors (Lipinski definition) is 7. The lowest BCUT2D eigenvalue weighted by Crippen LogP contribution is -2.14. The quantitative estimate of drug-likeness (QED) is 0.734. The van der Waals surface area contributed by atoms with Gasteiger partial charge in [0.05, 0.1) is 0 Å². The van der Waals surface area contributed by atoms with E-state index in [-0.39, 0.29) is 10.3 Å². The van der Waals surface area contributed by atoms with Crippen LogP contribution in [-0.2, 0) is 10.0 Å².